The Morgan fingerprint density at radius 2 is 1.81 bits per heavy atom. The highest BCUT2D eigenvalue weighted by Gasteiger charge is 2.30. The molecule has 1 heterocycles. The molecule has 0 saturated carbocycles. The zero-order valence-corrected chi connectivity index (χ0v) is 13.7. The van der Waals surface area contributed by atoms with Gasteiger partial charge < -0.3 is 4.74 Å². The summed E-state index contributed by atoms with van der Waals surface area (Å²) in [6.07, 6.45) is 0.786. The van der Waals surface area contributed by atoms with E-state index in [0.29, 0.717) is 17.6 Å². The highest BCUT2D eigenvalue weighted by molar-refractivity contribution is 6.30. The first-order chi connectivity index (χ1) is 10.0. The van der Waals surface area contributed by atoms with Gasteiger partial charge in [0.25, 0.3) is 0 Å². The predicted molar refractivity (Wildman–Crippen MR) is 86.5 cm³/mol. The number of aromatic nitrogens is 2. The van der Waals surface area contributed by atoms with E-state index in [0.717, 1.165) is 23.2 Å². The predicted octanol–water partition coefficient (Wildman–Crippen LogP) is 4.77. The quantitative estimate of drug-likeness (QED) is 0.747. The van der Waals surface area contributed by atoms with Crippen molar-refractivity contribution in [2.24, 2.45) is 0 Å². The van der Waals surface area contributed by atoms with Gasteiger partial charge in [-0.2, -0.15) is 0 Å². The normalized spacial score (nSPS) is 14.0. The van der Waals surface area contributed by atoms with Gasteiger partial charge in [0.15, 0.2) is 5.82 Å². The first kappa shape index (κ1) is 15.9. The van der Waals surface area contributed by atoms with Gasteiger partial charge in [0.2, 0.25) is 0 Å². The number of nitrogens with zero attached hydrogens (tertiary/aromatic N) is 2. The van der Waals surface area contributed by atoms with Crippen LogP contribution in [0.1, 0.15) is 38.6 Å². The summed E-state index contributed by atoms with van der Waals surface area (Å²) in [5, 5.41) is 0.484. The van der Waals surface area contributed by atoms with Crippen LogP contribution < -0.4 is 0 Å². The molecular formula is C17H21ClN2O. The van der Waals surface area contributed by atoms with Crippen LogP contribution in [-0.2, 0) is 10.3 Å². The summed E-state index contributed by atoms with van der Waals surface area (Å²) < 4.78 is 5.87. The first-order valence-electron chi connectivity index (χ1n) is 7.25. The van der Waals surface area contributed by atoms with E-state index in [1.807, 2.05) is 51.1 Å². The van der Waals surface area contributed by atoms with Crippen molar-refractivity contribution in [2.45, 2.75) is 39.7 Å². The van der Waals surface area contributed by atoms with Crippen LogP contribution in [0.3, 0.4) is 0 Å². The second-order valence-electron chi connectivity index (χ2n) is 5.20. The van der Waals surface area contributed by atoms with E-state index in [9.17, 15) is 0 Å². The van der Waals surface area contributed by atoms with Gasteiger partial charge in [0.05, 0.1) is 5.69 Å². The van der Waals surface area contributed by atoms with Crippen molar-refractivity contribution < 1.29 is 4.74 Å². The van der Waals surface area contributed by atoms with Crippen molar-refractivity contribution in [3.63, 3.8) is 0 Å². The molecule has 3 nitrogen and oxygen atoms in total. The third kappa shape index (κ3) is 3.25. The lowest BCUT2D eigenvalue weighted by Gasteiger charge is -2.27. The van der Waals surface area contributed by atoms with Crippen molar-refractivity contribution in [2.75, 3.05) is 6.61 Å². The van der Waals surface area contributed by atoms with E-state index in [2.05, 4.69) is 11.9 Å². The van der Waals surface area contributed by atoms with Gasteiger partial charge in [-0.3, -0.25) is 0 Å². The third-order valence-corrected chi connectivity index (χ3v) is 4.11. The minimum absolute atomic E-state index is 0.484. The van der Waals surface area contributed by atoms with Gasteiger partial charge in [-0.05, 0) is 27.2 Å². The minimum atomic E-state index is -0.518. The first-order valence-corrected chi connectivity index (χ1v) is 7.63. The molecule has 1 aromatic heterocycles. The van der Waals surface area contributed by atoms with Gasteiger partial charge in [0.1, 0.15) is 10.8 Å². The molecule has 0 saturated heterocycles. The van der Waals surface area contributed by atoms with Crippen LogP contribution in [0.15, 0.2) is 30.3 Å². The monoisotopic (exact) mass is 304 g/mol. The molecule has 0 amide bonds. The summed E-state index contributed by atoms with van der Waals surface area (Å²) >= 11 is 6.33. The van der Waals surface area contributed by atoms with Crippen molar-refractivity contribution in [3.05, 3.63) is 46.9 Å². The molecule has 0 N–H and O–H groups in total. The molecule has 0 aliphatic heterocycles. The van der Waals surface area contributed by atoms with Gasteiger partial charge in [-0.25, -0.2) is 9.97 Å². The largest absolute Gasteiger partial charge is 0.368 e. The lowest BCUT2D eigenvalue weighted by molar-refractivity contribution is -0.0389. The van der Waals surface area contributed by atoms with Crippen molar-refractivity contribution >= 4 is 11.6 Å². The summed E-state index contributed by atoms with van der Waals surface area (Å²) in [6.45, 7) is 8.60. The van der Waals surface area contributed by atoms with E-state index in [4.69, 9.17) is 21.3 Å². The van der Waals surface area contributed by atoms with E-state index in [-0.39, 0.29) is 0 Å². The topological polar surface area (TPSA) is 35.0 Å². The lowest BCUT2D eigenvalue weighted by atomic mass is 10.0. The SMILES string of the molecule is CCOC(C)(CC)c1nc(Cl)c(C)c(-c2ccccc2)n1. The standard InChI is InChI=1S/C17H21ClN2O/c1-5-17(4,21-6-2)16-19-14(12(3)15(18)20-16)13-10-8-7-9-11-13/h7-11H,5-6H2,1-4H3. The van der Waals surface area contributed by atoms with Crippen LogP contribution in [0.4, 0.5) is 0 Å². The van der Waals surface area contributed by atoms with Gasteiger partial charge >= 0.3 is 0 Å². The van der Waals surface area contributed by atoms with Crippen LogP contribution in [-0.4, -0.2) is 16.6 Å². The summed E-state index contributed by atoms with van der Waals surface area (Å²) in [4.78, 5) is 9.19. The fourth-order valence-electron chi connectivity index (χ4n) is 2.25. The molecule has 4 heteroatoms. The molecule has 2 aromatic rings. The van der Waals surface area contributed by atoms with Gasteiger partial charge in [-0.15, -0.1) is 0 Å². The molecule has 1 unspecified atom stereocenters. The van der Waals surface area contributed by atoms with Crippen LogP contribution in [0.5, 0.6) is 0 Å². The fraction of sp³-hybridized carbons (Fsp3) is 0.412. The Balaban J connectivity index is 2.58. The van der Waals surface area contributed by atoms with E-state index in [1.54, 1.807) is 0 Å². The molecule has 0 bridgehead atoms. The van der Waals surface area contributed by atoms with Crippen LogP contribution in [0.25, 0.3) is 11.3 Å². The maximum absolute atomic E-state index is 6.33. The minimum Gasteiger partial charge on any atom is -0.368 e. The number of hydrogen-bond donors (Lipinski definition) is 0. The molecule has 0 fully saturated rings. The molecule has 1 aromatic carbocycles. The van der Waals surface area contributed by atoms with Crippen LogP contribution in [0, 0.1) is 6.92 Å². The van der Waals surface area contributed by atoms with Gasteiger partial charge in [-0.1, -0.05) is 48.9 Å². The Morgan fingerprint density at radius 3 is 2.38 bits per heavy atom. The number of halogens is 1. The number of ether oxygens (including phenoxy) is 1. The zero-order valence-electron chi connectivity index (χ0n) is 13.0. The molecule has 0 aliphatic rings. The average molecular weight is 305 g/mol. The smallest absolute Gasteiger partial charge is 0.162 e. The van der Waals surface area contributed by atoms with Crippen molar-refractivity contribution in [3.8, 4) is 11.3 Å². The summed E-state index contributed by atoms with van der Waals surface area (Å²) in [6, 6.07) is 10.0. The Bertz CT molecular complexity index is 616. The third-order valence-electron chi connectivity index (χ3n) is 3.74. The maximum Gasteiger partial charge on any atom is 0.162 e. The highest BCUT2D eigenvalue weighted by Crippen LogP contribution is 2.32. The lowest BCUT2D eigenvalue weighted by Crippen LogP contribution is -2.28. The Hall–Kier alpha value is -1.45. The average Bonchev–Trinajstić information content (AvgIpc) is 2.50. The highest BCUT2D eigenvalue weighted by atomic mass is 35.5. The molecular weight excluding hydrogens is 284 g/mol. The molecule has 2 rings (SSSR count). The Kier molecular flexibility index (Phi) is 4.96. The van der Waals surface area contributed by atoms with E-state index in [1.165, 1.54) is 0 Å². The molecule has 0 aliphatic carbocycles. The van der Waals surface area contributed by atoms with Crippen LogP contribution >= 0.6 is 11.6 Å². The Labute approximate surface area is 131 Å². The summed E-state index contributed by atoms with van der Waals surface area (Å²) in [5.74, 6) is 0.640. The van der Waals surface area contributed by atoms with Crippen LogP contribution in [0.2, 0.25) is 5.15 Å². The molecule has 112 valence electrons. The number of rotatable bonds is 5. The second kappa shape index (κ2) is 6.54. The maximum atomic E-state index is 6.33. The van der Waals surface area contributed by atoms with Crippen molar-refractivity contribution in [1.82, 2.24) is 9.97 Å². The number of benzene rings is 1. The van der Waals surface area contributed by atoms with Crippen molar-refractivity contribution in [1.29, 1.82) is 0 Å². The molecule has 1 atom stereocenters. The fourth-order valence-corrected chi connectivity index (χ4v) is 2.42. The van der Waals surface area contributed by atoms with Gasteiger partial charge in [0, 0.05) is 17.7 Å². The number of hydrogen-bond acceptors (Lipinski definition) is 3. The molecule has 0 spiro atoms. The Morgan fingerprint density at radius 1 is 1.14 bits per heavy atom. The zero-order chi connectivity index (χ0) is 15.5. The molecule has 21 heavy (non-hydrogen) atoms. The molecule has 0 radical (unpaired) electrons. The summed E-state index contributed by atoms with van der Waals surface area (Å²) in [5.41, 5.74) is 2.28. The van der Waals surface area contributed by atoms with E-state index >= 15 is 0 Å². The van der Waals surface area contributed by atoms with E-state index < -0.39 is 5.60 Å². The second-order valence-corrected chi connectivity index (χ2v) is 5.55. The summed E-state index contributed by atoms with van der Waals surface area (Å²) in [7, 11) is 0.